The maximum atomic E-state index is 5.19. The van der Waals surface area contributed by atoms with Crippen molar-refractivity contribution in [2.24, 2.45) is 0 Å². The summed E-state index contributed by atoms with van der Waals surface area (Å²) in [4.78, 5) is 10.7. The van der Waals surface area contributed by atoms with Crippen LogP contribution in [0.5, 0.6) is 6.01 Å². The van der Waals surface area contributed by atoms with Gasteiger partial charge in [0.15, 0.2) is 0 Å². The molecule has 0 spiro atoms. The molecule has 1 aliphatic heterocycles. The Bertz CT molecular complexity index is 567. The SMILES string of the molecule is COc1ncc(CN2CCCC2c2cc(C)on2)cn1. The van der Waals surface area contributed by atoms with Crippen molar-refractivity contribution < 1.29 is 9.26 Å². The summed E-state index contributed by atoms with van der Waals surface area (Å²) in [6, 6.07) is 2.75. The van der Waals surface area contributed by atoms with Crippen molar-refractivity contribution in [1.29, 1.82) is 0 Å². The first kappa shape index (κ1) is 13.1. The van der Waals surface area contributed by atoms with Gasteiger partial charge < -0.3 is 9.26 Å². The van der Waals surface area contributed by atoms with E-state index in [1.807, 2.05) is 25.4 Å². The zero-order chi connectivity index (χ0) is 13.9. The third-order valence-corrected chi connectivity index (χ3v) is 3.60. The predicted octanol–water partition coefficient (Wildman–Crippen LogP) is 2.12. The Morgan fingerprint density at radius 2 is 2.20 bits per heavy atom. The third kappa shape index (κ3) is 2.65. The fourth-order valence-electron chi connectivity index (χ4n) is 2.66. The summed E-state index contributed by atoms with van der Waals surface area (Å²) < 4.78 is 10.2. The molecule has 2 aromatic rings. The van der Waals surface area contributed by atoms with E-state index in [0.717, 1.165) is 36.5 Å². The predicted molar refractivity (Wildman–Crippen MR) is 72.2 cm³/mol. The minimum Gasteiger partial charge on any atom is -0.467 e. The summed E-state index contributed by atoms with van der Waals surface area (Å²) in [5.41, 5.74) is 2.10. The van der Waals surface area contributed by atoms with Crippen molar-refractivity contribution in [2.75, 3.05) is 13.7 Å². The second-order valence-electron chi connectivity index (χ2n) is 5.07. The summed E-state index contributed by atoms with van der Waals surface area (Å²) in [6.07, 6.45) is 5.92. The average molecular weight is 274 g/mol. The first-order valence-electron chi connectivity index (χ1n) is 6.78. The van der Waals surface area contributed by atoms with E-state index in [9.17, 15) is 0 Å². The molecule has 6 nitrogen and oxygen atoms in total. The number of aromatic nitrogens is 3. The highest BCUT2D eigenvalue weighted by molar-refractivity contribution is 5.13. The Labute approximate surface area is 117 Å². The Balaban J connectivity index is 1.72. The fourth-order valence-corrected chi connectivity index (χ4v) is 2.66. The maximum Gasteiger partial charge on any atom is 0.316 e. The van der Waals surface area contributed by atoms with E-state index in [1.54, 1.807) is 7.11 Å². The largest absolute Gasteiger partial charge is 0.467 e. The van der Waals surface area contributed by atoms with E-state index in [-0.39, 0.29) is 0 Å². The van der Waals surface area contributed by atoms with Gasteiger partial charge in [-0.2, -0.15) is 0 Å². The zero-order valence-corrected chi connectivity index (χ0v) is 11.7. The quantitative estimate of drug-likeness (QED) is 0.851. The van der Waals surface area contributed by atoms with Crippen molar-refractivity contribution in [3.8, 4) is 6.01 Å². The number of ether oxygens (including phenoxy) is 1. The Morgan fingerprint density at radius 1 is 1.40 bits per heavy atom. The molecular weight excluding hydrogens is 256 g/mol. The molecule has 106 valence electrons. The summed E-state index contributed by atoms with van der Waals surface area (Å²) >= 11 is 0. The highest BCUT2D eigenvalue weighted by Gasteiger charge is 2.28. The Kier molecular flexibility index (Phi) is 3.64. The van der Waals surface area contributed by atoms with Crippen molar-refractivity contribution in [2.45, 2.75) is 32.4 Å². The van der Waals surface area contributed by atoms with Crippen LogP contribution >= 0.6 is 0 Å². The van der Waals surface area contributed by atoms with Gasteiger partial charge in [-0.05, 0) is 26.3 Å². The highest BCUT2D eigenvalue weighted by atomic mass is 16.5. The van der Waals surface area contributed by atoms with Crippen LogP contribution in [0.2, 0.25) is 0 Å². The smallest absolute Gasteiger partial charge is 0.316 e. The lowest BCUT2D eigenvalue weighted by Gasteiger charge is -2.22. The molecular formula is C14H18N4O2. The lowest BCUT2D eigenvalue weighted by atomic mass is 10.1. The van der Waals surface area contributed by atoms with Gasteiger partial charge in [0, 0.05) is 30.6 Å². The topological polar surface area (TPSA) is 64.3 Å². The van der Waals surface area contributed by atoms with Gasteiger partial charge >= 0.3 is 6.01 Å². The number of hydrogen-bond donors (Lipinski definition) is 0. The molecule has 0 N–H and O–H groups in total. The summed E-state index contributed by atoms with van der Waals surface area (Å²) in [5, 5.41) is 4.15. The summed E-state index contributed by atoms with van der Waals surface area (Å²) in [5.74, 6) is 0.861. The Hall–Kier alpha value is -1.95. The first-order valence-corrected chi connectivity index (χ1v) is 6.78. The van der Waals surface area contributed by atoms with Gasteiger partial charge in [0.1, 0.15) is 11.5 Å². The molecule has 1 unspecified atom stereocenters. The highest BCUT2D eigenvalue weighted by Crippen LogP contribution is 2.32. The molecule has 20 heavy (non-hydrogen) atoms. The van der Waals surface area contributed by atoms with Gasteiger partial charge in [0.25, 0.3) is 0 Å². The third-order valence-electron chi connectivity index (χ3n) is 3.60. The van der Waals surface area contributed by atoms with Crippen LogP contribution in [0.25, 0.3) is 0 Å². The van der Waals surface area contributed by atoms with Crippen LogP contribution in [-0.4, -0.2) is 33.7 Å². The van der Waals surface area contributed by atoms with Crippen LogP contribution in [0, 0.1) is 6.92 Å². The van der Waals surface area contributed by atoms with E-state index in [2.05, 4.69) is 20.0 Å². The molecule has 3 rings (SSSR count). The second kappa shape index (κ2) is 5.58. The number of methoxy groups -OCH3 is 1. The lowest BCUT2D eigenvalue weighted by Crippen LogP contribution is -2.23. The van der Waals surface area contributed by atoms with E-state index in [4.69, 9.17) is 9.26 Å². The summed E-state index contributed by atoms with van der Waals surface area (Å²) in [7, 11) is 1.57. The molecule has 1 atom stereocenters. The zero-order valence-electron chi connectivity index (χ0n) is 11.7. The van der Waals surface area contributed by atoms with E-state index >= 15 is 0 Å². The van der Waals surface area contributed by atoms with Crippen LogP contribution < -0.4 is 4.74 Å². The van der Waals surface area contributed by atoms with Gasteiger partial charge in [-0.1, -0.05) is 5.16 Å². The molecule has 2 aromatic heterocycles. The number of rotatable bonds is 4. The fraction of sp³-hybridized carbons (Fsp3) is 0.500. The van der Waals surface area contributed by atoms with Crippen LogP contribution in [0.4, 0.5) is 0 Å². The van der Waals surface area contributed by atoms with Gasteiger partial charge in [-0.15, -0.1) is 0 Å². The van der Waals surface area contributed by atoms with Gasteiger partial charge in [0.05, 0.1) is 13.2 Å². The number of nitrogens with zero attached hydrogens (tertiary/aromatic N) is 4. The first-order chi connectivity index (χ1) is 9.76. The van der Waals surface area contributed by atoms with E-state index < -0.39 is 0 Å². The maximum absolute atomic E-state index is 5.19. The molecule has 1 saturated heterocycles. The molecule has 0 radical (unpaired) electrons. The standard InChI is InChI=1S/C14H18N4O2/c1-10-6-12(17-20-10)13-4-3-5-18(13)9-11-7-15-14(19-2)16-8-11/h6-8,13H,3-5,9H2,1-2H3. The normalized spacial score (nSPS) is 19.4. The molecule has 1 fully saturated rings. The van der Waals surface area contributed by atoms with Crippen LogP contribution in [0.3, 0.4) is 0 Å². The van der Waals surface area contributed by atoms with Crippen LogP contribution in [-0.2, 0) is 6.54 Å². The molecule has 1 aliphatic rings. The molecule has 0 bridgehead atoms. The monoisotopic (exact) mass is 274 g/mol. The lowest BCUT2D eigenvalue weighted by molar-refractivity contribution is 0.236. The van der Waals surface area contributed by atoms with E-state index in [0.29, 0.717) is 12.1 Å². The van der Waals surface area contributed by atoms with Crippen molar-refractivity contribution in [3.63, 3.8) is 0 Å². The minimum atomic E-state index is 0.328. The second-order valence-corrected chi connectivity index (χ2v) is 5.07. The minimum absolute atomic E-state index is 0.328. The van der Waals surface area contributed by atoms with E-state index in [1.165, 1.54) is 6.42 Å². The van der Waals surface area contributed by atoms with Crippen LogP contribution in [0.1, 0.15) is 35.9 Å². The number of hydrogen-bond acceptors (Lipinski definition) is 6. The molecule has 3 heterocycles. The molecule has 6 heteroatoms. The van der Waals surface area contributed by atoms with Crippen LogP contribution in [0.15, 0.2) is 23.0 Å². The summed E-state index contributed by atoms with van der Waals surface area (Å²) in [6.45, 7) is 3.80. The molecule has 0 saturated carbocycles. The molecule has 0 aliphatic carbocycles. The number of likely N-dealkylation sites (tertiary alicyclic amines) is 1. The van der Waals surface area contributed by atoms with Crippen molar-refractivity contribution in [1.82, 2.24) is 20.0 Å². The van der Waals surface area contributed by atoms with Gasteiger partial charge in [0.2, 0.25) is 0 Å². The Morgan fingerprint density at radius 3 is 2.85 bits per heavy atom. The molecule has 0 amide bonds. The van der Waals surface area contributed by atoms with Crippen molar-refractivity contribution in [3.05, 3.63) is 35.5 Å². The van der Waals surface area contributed by atoms with Gasteiger partial charge in [-0.25, -0.2) is 9.97 Å². The molecule has 0 aromatic carbocycles. The van der Waals surface area contributed by atoms with Crippen molar-refractivity contribution >= 4 is 0 Å². The average Bonchev–Trinajstić information content (AvgIpc) is 3.08. The van der Waals surface area contributed by atoms with Gasteiger partial charge in [-0.3, -0.25) is 4.90 Å². The number of aryl methyl sites for hydroxylation is 1.